The number of rotatable bonds is 4. The van der Waals surface area contributed by atoms with Crippen molar-refractivity contribution in [3.05, 3.63) is 42.0 Å². The Morgan fingerprint density at radius 1 is 0.895 bits per heavy atom. The summed E-state index contributed by atoms with van der Waals surface area (Å²) in [5.74, 6) is 1.49. The highest BCUT2D eigenvalue weighted by Gasteiger charge is 2.03. The zero-order valence-corrected chi connectivity index (χ0v) is 11.4. The fourth-order valence-electron chi connectivity index (χ4n) is 1.80. The molecule has 0 unspecified atom stereocenters. The second-order valence-electron chi connectivity index (χ2n) is 4.30. The minimum Gasteiger partial charge on any atom is -0.497 e. The molecular formula is C15H18N2O2. The van der Waals surface area contributed by atoms with Crippen LogP contribution >= 0.6 is 0 Å². The number of hydrogen-bond donors (Lipinski definition) is 2. The van der Waals surface area contributed by atoms with Crippen molar-refractivity contribution in [1.82, 2.24) is 0 Å². The summed E-state index contributed by atoms with van der Waals surface area (Å²) < 4.78 is 10.5. The topological polar surface area (TPSA) is 56.5 Å². The van der Waals surface area contributed by atoms with Gasteiger partial charge in [-0.3, -0.25) is 0 Å². The number of hydrogen-bond acceptors (Lipinski definition) is 4. The van der Waals surface area contributed by atoms with E-state index in [0.29, 0.717) is 0 Å². The summed E-state index contributed by atoms with van der Waals surface area (Å²) in [4.78, 5) is 0. The average molecular weight is 258 g/mol. The molecule has 19 heavy (non-hydrogen) atoms. The predicted octanol–water partition coefficient (Wildman–Crippen LogP) is 3.34. The molecule has 4 heteroatoms. The molecule has 0 aliphatic carbocycles. The van der Waals surface area contributed by atoms with Gasteiger partial charge in [-0.2, -0.15) is 0 Å². The smallest absolute Gasteiger partial charge is 0.124 e. The van der Waals surface area contributed by atoms with E-state index in [1.54, 1.807) is 14.2 Å². The molecule has 2 aromatic carbocycles. The van der Waals surface area contributed by atoms with Gasteiger partial charge in [-0.25, -0.2) is 0 Å². The van der Waals surface area contributed by atoms with Crippen LogP contribution in [0.3, 0.4) is 0 Å². The molecule has 0 atom stereocenters. The summed E-state index contributed by atoms with van der Waals surface area (Å²) in [5, 5.41) is 3.31. The fourth-order valence-corrected chi connectivity index (χ4v) is 1.80. The third-order valence-corrected chi connectivity index (χ3v) is 2.91. The number of benzene rings is 2. The van der Waals surface area contributed by atoms with Crippen LogP contribution in [0.5, 0.6) is 11.5 Å². The number of nitrogens with one attached hydrogen (secondary N) is 1. The third-order valence-electron chi connectivity index (χ3n) is 2.91. The van der Waals surface area contributed by atoms with Crippen LogP contribution < -0.4 is 20.5 Å². The lowest BCUT2D eigenvalue weighted by atomic mass is 10.1. The van der Waals surface area contributed by atoms with E-state index in [1.165, 1.54) is 0 Å². The van der Waals surface area contributed by atoms with Crippen LogP contribution in [0.25, 0.3) is 0 Å². The van der Waals surface area contributed by atoms with Gasteiger partial charge in [0.05, 0.1) is 14.2 Å². The largest absolute Gasteiger partial charge is 0.497 e. The molecule has 2 rings (SSSR count). The first-order valence-corrected chi connectivity index (χ1v) is 5.98. The Hall–Kier alpha value is -2.36. The van der Waals surface area contributed by atoms with E-state index in [-0.39, 0.29) is 0 Å². The van der Waals surface area contributed by atoms with Gasteiger partial charge in [0.2, 0.25) is 0 Å². The molecule has 0 aliphatic heterocycles. The van der Waals surface area contributed by atoms with Crippen molar-refractivity contribution in [2.75, 3.05) is 25.3 Å². The number of aryl methyl sites for hydroxylation is 1. The Morgan fingerprint density at radius 2 is 1.53 bits per heavy atom. The van der Waals surface area contributed by atoms with Gasteiger partial charge >= 0.3 is 0 Å². The van der Waals surface area contributed by atoms with Gasteiger partial charge in [0.1, 0.15) is 11.5 Å². The quantitative estimate of drug-likeness (QED) is 0.826. The van der Waals surface area contributed by atoms with Crippen molar-refractivity contribution in [2.24, 2.45) is 0 Å². The number of methoxy groups -OCH3 is 2. The Labute approximate surface area is 113 Å². The van der Waals surface area contributed by atoms with Crippen LogP contribution in [0.15, 0.2) is 36.4 Å². The van der Waals surface area contributed by atoms with Crippen molar-refractivity contribution in [3.8, 4) is 11.5 Å². The van der Waals surface area contributed by atoms with Crippen LogP contribution in [0.2, 0.25) is 0 Å². The molecule has 100 valence electrons. The van der Waals surface area contributed by atoms with Crippen LogP contribution in [0, 0.1) is 6.92 Å². The minimum atomic E-state index is 0.744. The fraction of sp³-hybridized carbons (Fsp3) is 0.200. The number of nitrogens with two attached hydrogens (primary N) is 1. The van der Waals surface area contributed by atoms with Gasteiger partial charge in [0.25, 0.3) is 0 Å². The normalized spacial score (nSPS) is 10.1. The highest BCUT2D eigenvalue weighted by molar-refractivity contribution is 5.66. The Kier molecular flexibility index (Phi) is 3.80. The molecule has 0 spiro atoms. The first-order valence-electron chi connectivity index (χ1n) is 5.98. The molecule has 3 N–H and O–H groups in total. The SMILES string of the molecule is COc1cc(Nc2ccc(N)c(C)c2)cc(OC)c1. The molecule has 2 aromatic rings. The first kappa shape index (κ1) is 13.1. The van der Waals surface area contributed by atoms with E-state index < -0.39 is 0 Å². The Balaban J connectivity index is 2.29. The molecule has 0 aromatic heterocycles. The molecule has 0 saturated heterocycles. The molecular weight excluding hydrogens is 240 g/mol. The van der Waals surface area contributed by atoms with E-state index in [1.807, 2.05) is 43.3 Å². The molecule has 0 bridgehead atoms. The molecule has 0 saturated carbocycles. The molecule has 0 heterocycles. The van der Waals surface area contributed by atoms with Gasteiger partial charge < -0.3 is 20.5 Å². The maximum absolute atomic E-state index is 5.81. The van der Waals surface area contributed by atoms with Crippen molar-refractivity contribution < 1.29 is 9.47 Å². The lowest BCUT2D eigenvalue weighted by Crippen LogP contribution is -1.95. The van der Waals surface area contributed by atoms with Gasteiger partial charge in [0.15, 0.2) is 0 Å². The van der Waals surface area contributed by atoms with Crippen LogP contribution in [-0.4, -0.2) is 14.2 Å². The van der Waals surface area contributed by atoms with E-state index >= 15 is 0 Å². The lowest BCUT2D eigenvalue weighted by molar-refractivity contribution is 0.395. The monoisotopic (exact) mass is 258 g/mol. The van der Waals surface area contributed by atoms with Crippen molar-refractivity contribution in [2.45, 2.75) is 6.92 Å². The summed E-state index contributed by atoms with van der Waals surface area (Å²) in [6.07, 6.45) is 0. The second kappa shape index (κ2) is 5.52. The summed E-state index contributed by atoms with van der Waals surface area (Å²) in [6, 6.07) is 11.5. The highest BCUT2D eigenvalue weighted by Crippen LogP contribution is 2.28. The number of nitrogen functional groups attached to an aromatic ring is 1. The van der Waals surface area contributed by atoms with E-state index in [2.05, 4.69) is 5.32 Å². The minimum absolute atomic E-state index is 0.744. The zero-order valence-electron chi connectivity index (χ0n) is 11.4. The number of ether oxygens (including phenoxy) is 2. The summed E-state index contributed by atoms with van der Waals surface area (Å²) >= 11 is 0. The van der Waals surface area contributed by atoms with Gasteiger partial charge in [-0.1, -0.05) is 0 Å². The first-order chi connectivity index (χ1) is 9.12. The summed E-state index contributed by atoms with van der Waals surface area (Å²) in [6.45, 7) is 1.98. The van der Waals surface area contributed by atoms with Crippen molar-refractivity contribution in [1.29, 1.82) is 0 Å². The molecule has 0 radical (unpaired) electrons. The van der Waals surface area contributed by atoms with Crippen molar-refractivity contribution >= 4 is 17.1 Å². The van der Waals surface area contributed by atoms with Crippen molar-refractivity contribution in [3.63, 3.8) is 0 Å². The zero-order chi connectivity index (χ0) is 13.8. The third kappa shape index (κ3) is 3.10. The second-order valence-corrected chi connectivity index (χ2v) is 4.30. The Bertz CT molecular complexity index is 560. The molecule has 4 nitrogen and oxygen atoms in total. The Morgan fingerprint density at radius 3 is 2.05 bits per heavy atom. The standard InChI is InChI=1S/C15H18N2O2/c1-10-6-11(4-5-15(10)16)17-12-7-13(18-2)9-14(8-12)19-3/h4-9,17H,16H2,1-3H3. The predicted molar refractivity (Wildman–Crippen MR) is 78.4 cm³/mol. The molecule has 0 aliphatic rings. The summed E-state index contributed by atoms with van der Waals surface area (Å²) in [7, 11) is 3.26. The maximum atomic E-state index is 5.81. The van der Waals surface area contributed by atoms with E-state index in [4.69, 9.17) is 15.2 Å². The maximum Gasteiger partial charge on any atom is 0.124 e. The van der Waals surface area contributed by atoms with Crippen LogP contribution in [0.1, 0.15) is 5.56 Å². The average Bonchev–Trinajstić information content (AvgIpc) is 2.42. The molecule has 0 fully saturated rings. The summed E-state index contributed by atoms with van der Waals surface area (Å²) in [5.41, 5.74) is 9.51. The highest BCUT2D eigenvalue weighted by atomic mass is 16.5. The number of anilines is 3. The molecule has 0 amide bonds. The lowest BCUT2D eigenvalue weighted by Gasteiger charge is -2.11. The van der Waals surface area contributed by atoms with Crippen LogP contribution in [0.4, 0.5) is 17.1 Å². The van der Waals surface area contributed by atoms with Crippen LogP contribution in [-0.2, 0) is 0 Å². The van der Waals surface area contributed by atoms with Gasteiger partial charge in [-0.15, -0.1) is 0 Å². The van der Waals surface area contributed by atoms with E-state index in [9.17, 15) is 0 Å². The van der Waals surface area contributed by atoms with Gasteiger partial charge in [-0.05, 0) is 30.7 Å². The van der Waals surface area contributed by atoms with Gasteiger partial charge in [0, 0.05) is 35.3 Å². The van der Waals surface area contributed by atoms with E-state index in [0.717, 1.165) is 34.1 Å².